The van der Waals surface area contributed by atoms with Crippen molar-refractivity contribution in [2.45, 2.75) is 0 Å². The van der Waals surface area contributed by atoms with Gasteiger partial charge in [-0.3, -0.25) is 0 Å². The summed E-state index contributed by atoms with van der Waals surface area (Å²) in [5.74, 6) is 0. The molecule has 10 aromatic rings. The highest BCUT2D eigenvalue weighted by molar-refractivity contribution is 6.22. The van der Waals surface area contributed by atoms with E-state index in [0.29, 0.717) is 0 Å². The molecule has 0 aliphatic rings. The highest BCUT2D eigenvalue weighted by atomic mass is 16.3. The van der Waals surface area contributed by atoms with Gasteiger partial charge in [0.05, 0.1) is 27.8 Å². The fourth-order valence-corrected chi connectivity index (χ4v) is 7.90. The summed E-state index contributed by atoms with van der Waals surface area (Å²) < 4.78 is 7.21. The first-order valence-electron chi connectivity index (χ1n) is 18.9. The lowest BCUT2D eigenvalue weighted by Gasteiger charge is -2.30. The van der Waals surface area contributed by atoms with Crippen LogP contribution in [0.25, 0.3) is 32.7 Å². The minimum Gasteiger partial charge on any atom is -0.454 e. The average Bonchev–Trinajstić information content (AvgIpc) is 3.68. The number of fused-ring (bicyclic) bond motifs is 4. The molecule has 1 aromatic heterocycles. The molecule has 56 heavy (non-hydrogen) atoms. The number of benzene rings is 9. The Labute approximate surface area is 326 Å². The van der Waals surface area contributed by atoms with Crippen LogP contribution in [0.3, 0.4) is 0 Å². The third-order valence-electron chi connectivity index (χ3n) is 10.4. The maximum absolute atomic E-state index is 7.21. The molecule has 4 nitrogen and oxygen atoms in total. The number of hydrogen-bond acceptors (Lipinski definition) is 4. The van der Waals surface area contributed by atoms with Crippen LogP contribution < -0.4 is 14.7 Å². The second kappa shape index (κ2) is 14.3. The Hall–Kier alpha value is -7.56. The van der Waals surface area contributed by atoms with Gasteiger partial charge in [-0.2, -0.15) is 0 Å². The van der Waals surface area contributed by atoms with Crippen molar-refractivity contribution in [2.24, 2.45) is 0 Å². The first kappa shape index (κ1) is 33.0. The molecule has 1 heterocycles. The Morgan fingerprint density at radius 3 is 1.20 bits per heavy atom. The Balaban J connectivity index is 1.33. The SMILES string of the molecule is c1ccc(N(c2ccccc2)c2ccc(N(c3ccccc3)c3ccccc3)c3c2oc2cccc(N(c4ccccc4)c4ccc5ccccc5c4)c23)cc1. The van der Waals surface area contributed by atoms with Gasteiger partial charge in [-0.15, -0.1) is 0 Å². The highest BCUT2D eigenvalue weighted by Gasteiger charge is 2.28. The van der Waals surface area contributed by atoms with E-state index in [1.165, 1.54) is 10.8 Å². The number of rotatable bonds is 9. The van der Waals surface area contributed by atoms with Crippen LogP contribution in [0.5, 0.6) is 0 Å². The maximum Gasteiger partial charge on any atom is 0.161 e. The van der Waals surface area contributed by atoms with E-state index in [4.69, 9.17) is 4.42 Å². The largest absolute Gasteiger partial charge is 0.454 e. The summed E-state index contributed by atoms with van der Waals surface area (Å²) >= 11 is 0. The smallest absolute Gasteiger partial charge is 0.161 e. The molecule has 0 spiro atoms. The quantitative estimate of drug-likeness (QED) is 0.148. The zero-order valence-corrected chi connectivity index (χ0v) is 30.6. The summed E-state index contributed by atoms with van der Waals surface area (Å²) in [6.07, 6.45) is 0. The van der Waals surface area contributed by atoms with Crippen LogP contribution in [0.2, 0.25) is 0 Å². The number of anilines is 9. The van der Waals surface area contributed by atoms with E-state index in [2.05, 4.69) is 239 Å². The van der Waals surface area contributed by atoms with Crippen LogP contribution in [-0.4, -0.2) is 0 Å². The Morgan fingerprint density at radius 1 is 0.268 bits per heavy atom. The van der Waals surface area contributed by atoms with E-state index >= 15 is 0 Å². The van der Waals surface area contributed by atoms with Gasteiger partial charge in [-0.1, -0.05) is 127 Å². The lowest BCUT2D eigenvalue weighted by Crippen LogP contribution is -2.13. The topological polar surface area (TPSA) is 22.9 Å². The van der Waals surface area contributed by atoms with Crippen molar-refractivity contribution >= 4 is 83.9 Å². The molecular weight excluding hydrogens is 683 g/mol. The monoisotopic (exact) mass is 719 g/mol. The average molecular weight is 720 g/mol. The van der Waals surface area contributed by atoms with Crippen molar-refractivity contribution in [1.29, 1.82) is 0 Å². The molecule has 0 atom stereocenters. The molecule has 4 heteroatoms. The normalized spacial score (nSPS) is 11.2. The van der Waals surface area contributed by atoms with Crippen LogP contribution in [0.1, 0.15) is 0 Å². The molecule has 0 N–H and O–H groups in total. The molecule has 266 valence electrons. The molecule has 0 aliphatic heterocycles. The van der Waals surface area contributed by atoms with E-state index in [-0.39, 0.29) is 0 Å². The Kier molecular flexibility index (Phi) is 8.47. The van der Waals surface area contributed by atoms with Gasteiger partial charge in [0, 0.05) is 34.1 Å². The zero-order chi connectivity index (χ0) is 37.3. The highest BCUT2D eigenvalue weighted by Crippen LogP contribution is 2.52. The number of nitrogens with zero attached hydrogens (tertiary/aromatic N) is 3. The van der Waals surface area contributed by atoms with Gasteiger partial charge in [0.2, 0.25) is 0 Å². The number of hydrogen-bond donors (Lipinski definition) is 0. The van der Waals surface area contributed by atoms with Crippen molar-refractivity contribution < 1.29 is 4.42 Å². The van der Waals surface area contributed by atoms with Gasteiger partial charge >= 0.3 is 0 Å². The van der Waals surface area contributed by atoms with E-state index in [1.54, 1.807) is 0 Å². The summed E-state index contributed by atoms with van der Waals surface area (Å²) in [6, 6.07) is 79.0. The number of para-hydroxylation sites is 5. The van der Waals surface area contributed by atoms with Gasteiger partial charge in [-0.05, 0) is 108 Å². The van der Waals surface area contributed by atoms with Crippen LogP contribution in [-0.2, 0) is 0 Å². The summed E-state index contributed by atoms with van der Waals surface area (Å²) in [5.41, 5.74) is 10.9. The predicted octanol–water partition coefficient (Wildman–Crippen LogP) is 15.1. The van der Waals surface area contributed by atoms with Gasteiger partial charge in [0.25, 0.3) is 0 Å². The summed E-state index contributed by atoms with van der Waals surface area (Å²) in [5, 5.41) is 4.42. The molecule has 0 aliphatic carbocycles. The molecule has 10 rings (SSSR count). The van der Waals surface area contributed by atoms with Crippen molar-refractivity contribution in [1.82, 2.24) is 0 Å². The summed E-state index contributed by atoms with van der Waals surface area (Å²) in [7, 11) is 0. The standard InChI is InChI=1S/C52H37N3O/c1-6-21-40(22-7-1)53(41-23-8-2-9-24-41)47-35-36-48(54(42-25-10-3-11-26-42)43-27-12-4-13-28-43)52-51(47)50-46(31-18-32-49(50)56-52)55(44-29-14-5-15-30-44)45-34-33-38-19-16-17-20-39(38)37-45/h1-37H. The zero-order valence-electron chi connectivity index (χ0n) is 30.6. The van der Waals surface area contributed by atoms with E-state index in [0.717, 1.165) is 73.1 Å². The van der Waals surface area contributed by atoms with E-state index < -0.39 is 0 Å². The van der Waals surface area contributed by atoms with Crippen molar-refractivity contribution in [2.75, 3.05) is 14.7 Å². The predicted molar refractivity (Wildman–Crippen MR) is 235 cm³/mol. The first-order valence-corrected chi connectivity index (χ1v) is 18.9. The number of furan rings is 1. The molecule has 0 unspecified atom stereocenters. The molecule has 0 saturated carbocycles. The fourth-order valence-electron chi connectivity index (χ4n) is 7.90. The van der Waals surface area contributed by atoms with Crippen LogP contribution in [0.15, 0.2) is 229 Å². The summed E-state index contributed by atoms with van der Waals surface area (Å²) in [6.45, 7) is 0. The minimum atomic E-state index is 0.793. The third-order valence-corrected chi connectivity index (χ3v) is 10.4. The van der Waals surface area contributed by atoms with Crippen LogP contribution >= 0.6 is 0 Å². The first-order chi connectivity index (χ1) is 27.8. The van der Waals surface area contributed by atoms with Gasteiger partial charge in [0.1, 0.15) is 5.58 Å². The van der Waals surface area contributed by atoms with Gasteiger partial charge < -0.3 is 19.1 Å². The fraction of sp³-hybridized carbons (Fsp3) is 0. The minimum absolute atomic E-state index is 0.793. The van der Waals surface area contributed by atoms with Crippen molar-refractivity contribution in [3.05, 3.63) is 224 Å². The van der Waals surface area contributed by atoms with Crippen LogP contribution in [0.4, 0.5) is 51.2 Å². The van der Waals surface area contributed by atoms with Crippen molar-refractivity contribution in [3.8, 4) is 0 Å². The van der Waals surface area contributed by atoms with E-state index in [1.807, 2.05) is 0 Å². The lowest BCUT2D eigenvalue weighted by atomic mass is 10.0. The Bertz CT molecular complexity index is 2830. The lowest BCUT2D eigenvalue weighted by molar-refractivity contribution is 0.669. The van der Waals surface area contributed by atoms with E-state index in [9.17, 15) is 0 Å². The second-order valence-electron chi connectivity index (χ2n) is 13.8. The molecule has 0 amide bonds. The molecule has 9 aromatic carbocycles. The van der Waals surface area contributed by atoms with Crippen molar-refractivity contribution in [3.63, 3.8) is 0 Å². The van der Waals surface area contributed by atoms with Gasteiger partial charge in [0.15, 0.2) is 5.58 Å². The molecular formula is C52H37N3O. The Morgan fingerprint density at radius 2 is 0.679 bits per heavy atom. The molecule has 0 saturated heterocycles. The van der Waals surface area contributed by atoms with Crippen LogP contribution in [0, 0.1) is 0 Å². The maximum atomic E-state index is 7.21. The molecule has 0 bridgehead atoms. The second-order valence-corrected chi connectivity index (χ2v) is 13.8. The third kappa shape index (κ3) is 5.90. The van der Waals surface area contributed by atoms with Gasteiger partial charge in [-0.25, -0.2) is 0 Å². The molecule has 0 fully saturated rings. The molecule has 0 radical (unpaired) electrons. The summed E-state index contributed by atoms with van der Waals surface area (Å²) in [4.78, 5) is 7.00.